The summed E-state index contributed by atoms with van der Waals surface area (Å²) in [6.45, 7) is 7.63. The molecule has 0 saturated carbocycles. The summed E-state index contributed by atoms with van der Waals surface area (Å²) in [5, 5.41) is 10.2. The summed E-state index contributed by atoms with van der Waals surface area (Å²) in [5.74, 6) is 0. The van der Waals surface area contributed by atoms with Crippen LogP contribution in [0.3, 0.4) is 0 Å². The summed E-state index contributed by atoms with van der Waals surface area (Å²) >= 11 is 0. The Balaban J connectivity index is 2.53. The highest BCUT2D eigenvalue weighted by molar-refractivity contribution is 5.24. The van der Waals surface area contributed by atoms with Crippen LogP contribution in [0.25, 0.3) is 0 Å². The minimum atomic E-state index is -0.409. The van der Waals surface area contributed by atoms with Gasteiger partial charge in [-0.25, -0.2) is 0 Å². The molecule has 0 spiro atoms. The fraction of sp³-hybridized carbons (Fsp3) is 0.600. The number of hydrogen-bond acceptors (Lipinski definition) is 3. The maximum absolute atomic E-state index is 10.2. The Morgan fingerprint density at radius 2 is 1.89 bits per heavy atom. The summed E-state index contributed by atoms with van der Waals surface area (Å²) in [6.07, 6.45) is 1.97. The fourth-order valence-electron chi connectivity index (χ4n) is 1.99. The SMILES string of the molecule is CCCCN(CC)CC(O)c1ccc(CN)cc1. The van der Waals surface area contributed by atoms with Gasteiger partial charge in [0.2, 0.25) is 0 Å². The average molecular weight is 250 g/mol. The van der Waals surface area contributed by atoms with Gasteiger partial charge in [-0.1, -0.05) is 44.5 Å². The van der Waals surface area contributed by atoms with E-state index in [1.165, 1.54) is 12.8 Å². The lowest BCUT2D eigenvalue weighted by molar-refractivity contribution is 0.115. The number of likely N-dealkylation sites (N-methyl/N-ethyl adjacent to an activating group) is 1. The minimum Gasteiger partial charge on any atom is -0.387 e. The summed E-state index contributed by atoms with van der Waals surface area (Å²) in [5.41, 5.74) is 7.64. The molecule has 3 N–H and O–H groups in total. The Bertz CT molecular complexity index is 324. The molecule has 3 heteroatoms. The number of unbranched alkanes of at least 4 members (excludes halogenated alkanes) is 1. The fourth-order valence-corrected chi connectivity index (χ4v) is 1.99. The molecule has 0 amide bonds. The maximum atomic E-state index is 10.2. The predicted molar refractivity (Wildman–Crippen MR) is 76.3 cm³/mol. The van der Waals surface area contributed by atoms with Gasteiger partial charge >= 0.3 is 0 Å². The van der Waals surface area contributed by atoms with E-state index in [0.717, 1.165) is 24.2 Å². The highest BCUT2D eigenvalue weighted by Gasteiger charge is 2.11. The van der Waals surface area contributed by atoms with Crippen molar-refractivity contribution in [3.05, 3.63) is 35.4 Å². The molecular weight excluding hydrogens is 224 g/mol. The van der Waals surface area contributed by atoms with E-state index >= 15 is 0 Å². The third kappa shape index (κ3) is 4.77. The van der Waals surface area contributed by atoms with Crippen LogP contribution in [-0.4, -0.2) is 29.6 Å². The van der Waals surface area contributed by atoms with Gasteiger partial charge in [-0.3, -0.25) is 0 Å². The quantitative estimate of drug-likeness (QED) is 0.744. The lowest BCUT2D eigenvalue weighted by Crippen LogP contribution is -2.29. The van der Waals surface area contributed by atoms with Crippen LogP contribution in [0, 0.1) is 0 Å². The van der Waals surface area contributed by atoms with Crippen LogP contribution in [-0.2, 0) is 6.54 Å². The van der Waals surface area contributed by atoms with E-state index in [0.29, 0.717) is 13.1 Å². The Hall–Kier alpha value is -0.900. The van der Waals surface area contributed by atoms with E-state index in [4.69, 9.17) is 5.73 Å². The summed E-state index contributed by atoms with van der Waals surface area (Å²) < 4.78 is 0. The van der Waals surface area contributed by atoms with Crippen LogP contribution in [0.4, 0.5) is 0 Å². The number of nitrogens with zero attached hydrogens (tertiary/aromatic N) is 1. The van der Waals surface area contributed by atoms with Crippen LogP contribution in [0.5, 0.6) is 0 Å². The van der Waals surface area contributed by atoms with Gasteiger partial charge in [-0.2, -0.15) is 0 Å². The Morgan fingerprint density at radius 3 is 2.39 bits per heavy atom. The molecule has 1 aromatic rings. The molecule has 3 nitrogen and oxygen atoms in total. The molecule has 1 atom stereocenters. The number of aliphatic hydroxyl groups is 1. The van der Waals surface area contributed by atoms with Crippen molar-refractivity contribution in [2.75, 3.05) is 19.6 Å². The van der Waals surface area contributed by atoms with E-state index < -0.39 is 6.10 Å². The number of rotatable bonds is 8. The Morgan fingerprint density at radius 1 is 1.22 bits per heavy atom. The standard InChI is InChI=1S/C15H26N2O/c1-3-5-10-17(4-2)12-15(18)14-8-6-13(11-16)7-9-14/h6-9,15,18H,3-5,10-12,16H2,1-2H3. The first kappa shape index (κ1) is 15.2. The van der Waals surface area contributed by atoms with E-state index in [2.05, 4.69) is 18.7 Å². The lowest BCUT2D eigenvalue weighted by atomic mass is 10.1. The van der Waals surface area contributed by atoms with Crippen LogP contribution >= 0.6 is 0 Å². The molecule has 102 valence electrons. The summed E-state index contributed by atoms with van der Waals surface area (Å²) in [4.78, 5) is 2.30. The average Bonchev–Trinajstić information content (AvgIpc) is 2.43. The van der Waals surface area contributed by atoms with Crippen molar-refractivity contribution in [2.24, 2.45) is 5.73 Å². The largest absolute Gasteiger partial charge is 0.387 e. The van der Waals surface area contributed by atoms with Gasteiger partial charge in [0.05, 0.1) is 6.10 Å². The number of nitrogens with two attached hydrogens (primary N) is 1. The van der Waals surface area contributed by atoms with Gasteiger partial charge in [0.1, 0.15) is 0 Å². The normalized spacial score (nSPS) is 12.9. The molecule has 0 bridgehead atoms. The second-order valence-electron chi connectivity index (χ2n) is 4.71. The Kier molecular flexibility index (Phi) is 6.94. The summed E-state index contributed by atoms with van der Waals surface area (Å²) in [6, 6.07) is 7.92. The van der Waals surface area contributed by atoms with Crippen molar-refractivity contribution in [1.29, 1.82) is 0 Å². The number of benzene rings is 1. The van der Waals surface area contributed by atoms with Gasteiger partial charge in [-0.05, 0) is 30.6 Å². The van der Waals surface area contributed by atoms with Crippen molar-refractivity contribution in [1.82, 2.24) is 4.90 Å². The minimum absolute atomic E-state index is 0.409. The van der Waals surface area contributed by atoms with E-state index in [9.17, 15) is 5.11 Å². The zero-order valence-electron chi connectivity index (χ0n) is 11.6. The van der Waals surface area contributed by atoms with Crippen molar-refractivity contribution in [3.63, 3.8) is 0 Å². The van der Waals surface area contributed by atoms with Crippen molar-refractivity contribution in [3.8, 4) is 0 Å². The second-order valence-corrected chi connectivity index (χ2v) is 4.71. The maximum Gasteiger partial charge on any atom is 0.0916 e. The first-order valence-electron chi connectivity index (χ1n) is 6.90. The molecule has 18 heavy (non-hydrogen) atoms. The Labute approximate surface area is 111 Å². The molecule has 0 radical (unpaired) electrons. The van der Waals surface area contributed by atoms with Crippen LogP contribution < -0.4 is 5.73 Å². The molecule has 1 rings (SSSR count). The van der Waals surface area contributed by atoms with Crippen molar-refractivity contribution < 1.29 is 5.11 Å². The smallest absolute Gasteiger partial charge is 0.0916 e. The zero-order valence-corrected chi connectivity index (χ0v) is 11.6. The molecule has 0 aliphatic heterocycles. The molecule has 0 heterocycles. The topological polar surface area (TPSA) is 49.5 Å². The van der Waals surface area contributed by atoms with Gasteiger partial charge in [0.15, 0.2) is 0 Å². The molecule has 0 aromatic heterocycles. The summed E-state index contributed by atoms with van der Waals surface area (Å²) in [7, 11) is 0. The third-order valence-corrected chi connectivity index (χ3v) is 3.31. The number of aliphatic hydroxyl groups excluding tert-OH is 1. The van der Waals surface area contributed by atoms with E-state index in [1.807, 2.05) is 24.3 Å². The first-order chi connectivity index (χ1) is 8.71. The molecule has 0 aliphatic carbocycles. The number of hydrogen-bond donors (Lipinski definition) is 2. The third-order valence-electron chi connectivity index (χ3n) is 3.31. The predicted octanol–water partition coefficient (Wildman–Crippen LogP) is 2.30. The highest BCUT2D eigenvalue weighted by Crippen LogP contribution is 2.15. The monoisotopic (exact) mass is 250 g/mol. The molecule has 0 fully saturated rings. The van der Waals surface area contributed by atoms with Crippen LogP contribution in [0.15, 0.2) is 24.3 Å². The second kappa shape index (κ2) is 8.25. The van der Waals surface area contributed by atoms with Crippen LogP contribution in [0.1, 0.15) is 43.9 Å². The molecule has 1 unspecified atom stereocenters. The van der Waals surface area contributed by atoms with E-state index in [-0.39, 0.29) is 0 Å². The molecular formula is C15H26N2O. The van der Waals surface area contributed by atoms with Crippen molar-refractivity contribution in [2.45, 2.75) is 39.3 Å². The van der Waals surface area contributed by atoms with Gasteiger partial charge in [0.25, 0.3) is 0 Å². The van der Waals surface area contributed by atoms with Crippen molar-refractivity contribution >= 4 is 0 Å². The molecule has 0 aliphatic rings. The lowest BCUT2D eigenvalue weighted by Gasteiger charge is -2.23. The highest BCUT2D eigenvalue weighted by atomic mass is 16.3. The molecule has 0 saturated heterocycles. The van der Waals surface area contributed by atoms with Gasteiger partial charge < -0.3 is 15.7 Å². The van der Waals surface area contributed by atoms with Crippen LogP contribution in [0.2, 0.25) is 0 Å². The molecule has 1 aromatic carbocycles. The van der Waals surface area contributed by atoms with Gasteiger partial charge in [0, 0.05) is 13.1 Å². The van der Waals surface area contributed by atoms with E-state index in [1.54, 1.807) is 0 Å². The van der Waals surface area contributed by atoms with Gasteiger partial charge in [-0.15, -0.1) is 0 Å². The first-order valence-corrected chi connectivity index (χ1v) is 6.90. The zero-order chi connectivity index (χ0) is 13.4.